The summed E-state index contributed by atoms with van der Waals surface area (Å²) in [6.45, 7) is 1.16. The van der Waals surface area contributed by atoms with Crippen molar-refractivity contribution in [2.24, 2.45) is 5.73 Å². The van der Waals surface area contributed by atoms with Gasteiger partial charge in [-0.1, -0.05) is 6.07 Å². The first-order valence-corrected chi connectivity index (χ1v) is 5.96. The Morgan fingerprint density at radius 2 is 2.06 bits per heavy atom. The van der Waals surface area contributed by atoms with E-state index in [0.717, 1.165) is 0 Å². The minimum Gasteiger partial charge on any atom is -0.398 e. The van der Waals surface area contributed by atoms with E-state index in [2.05, 4.69) is 4.72 Å². The van der Waals surface area contributed by atoms with Crippen molar-refractivity contribution < 1.29 is 13.2 Å². The second-order valence-corrected chi connectivity index (χ2v) is 5.00. The molecule has 1 rings (SSSR count). The highest BCUT2D eigenvalue weighted by molar-refractivity contribution is 7.89. The summed E-state index contributed by atoms with van der Waals surface area (Å²) in [6, 6.07) is 4.54. The van der Waals surface area contributed by atoms with E-state index in [1.54, 1.807) is 13.0 Å². The summed E-state index contributed by atoms with van der Waals surface area (Å²) in [5, 5.41) is 0. The fraction of sp³-hybridized carbons (Fsp3) is 0.222. The quantitative estimate of drug-likeness (QED) is 0.609. The van der Waals surface area contributed by atoms with Crippen LogP contribution in [0.2, 0.25) is 0 Å². The topological polar surface area (TPSA) is 115 Å². The van der Waals surface area contributed by atoms with Gasteiger partial charge in [-0.15, -0.1) is 0 Å². The molecule has 16 heavy (non-hydrogen) atoms. The van der Waals surface area contributed by atoms with Gasteiger partial charge in [0, 0.05) is 5.69 Å². The van der Waals surface area contributed by atoms with Crippen molar-refractivity contribution in [1.29, 1.82) is 0 Å². The molecule has 0 unspecified atom stereocenters. The molecule has 0 saturated carbocycles. The van der Waals surface area contributed by atoms with Gasteiger partial charge in [-0.25, -0.2) is 13.1 Å². The Morgan fingerprint density at radius 3 is 2.62 bits per heavy atom. The van der Waals surface area contributed by atoms with Gasteiger partial charge in [0.1, 0.15) is 0 Å². The van der Waals surface area contributed by atoms with Crippen LogP contribution in [0, 0.1) is 6.92 Å². The zero-order valence-electron chi connectivity index (χ0n) is 8.73. The molecule has 0 atom stereocenters. The first-order chi connectivity index (χ1) is 7.34. The first-order valence-electron chi connectivity index (χ1n) is 4.47. The van der Waals surface area contributed by atoms with Crippen LogP contribution in [-0.4, -0.2) is 20.9 Å². The highest BCUT2D eigenvalue weighted by Gasteiger charge is 2.17. The maximum atomic E-state index is 11.7. The predicted molar refractivity (Wildman–Crippen MR) is 60.0 cm³/mol. The fourth-order valence-corrected chi connectivity index (χ4v) is 2.43. The molecule has 1 aromatic rings. The van der Waals surface area contributed by atoms with Crippen molar-refractivity contribution in [1.82, 2.24) is 4.72 Å². The summed E-state index contributed by atoms with van der Waals surface area (Å²) in [6.07, 6.45) is 0. The normalized spacial score (nSPS) is 11.3. The smallest absolute Gasteiger partial charge is 0.241 e. The molecular weight excluding hydrogens is 230 g/mol. The molecule has 5 N–H and O–H groups in total. The van der Waals surface area contributed by atoms with Crippen LogP contribution in [0.5, 0.6) is 0 Å². The Hall–Kier alpha value is -1.60. The van der Waals surface area contributed by atoms with Crippen LogP contribution in [0.1, 0.15) is 5.56 Å². The van der Waals surface area contributed by atoms with Gasteiger partial charge in [-0.3, -0.25) is 4.79 Å². The van der Waals surface area contributed by atoms with Gasteiger partial charge in [0.05, 0.1) is 11.4 Å². The molecule has 0 heterocycles. The van der Waals surface area contributed by atoms with Gasteiger partial charge in [-0.2, -0.15) is 0 Å². The predicted octanol–water partition coefficient (Wildman–Crippen LogP) is -0.659. The number of carbonyl (C=O) groups is 1. The number of hydrogen-bond donors (Lipinski definition) is 3. The molecule has 0 bridgehead atoms. The third-order valence-corrected chi connectivity index (χ3v) is 3.60. The van der Waals surface area contributed by atoms with Gasteiger partial charge in [0.2, 0.25) is 15.9 Å². The van der Waals surface area contributed by atoms with Crippen molar-refractivity contribution in [2.75, 3.05) is 12.3 Å². The number of anilines is 1. The van der Waals surface area contributed by atoms with Crippen LogP contribution in [-0.2, 0) is 14.8 Å². The van der Waals surface area contributed by atoms with E-state index >= 15 is 0 Å². The molecule has 7 heteroatoms. The Bertz CT molecular complexity index is 511. The molecule has 0 spiro atoms. The average molecular weight is 243 g/mol. The summed E-state index contributed by atoms with van der Waals surface area (Å²) >= 11 is 0. The summed E-state index contributed by atoms with van der Waals surface area (Å²) in [7, 11) is -3.74. The number of rotatable bonds is 4. The summed E-state index contributed by atoms with van der Waals surface area (Å²) < 4.78 is 25.6. The monoisotopic (exact) mass is 243 g/mol. The van der Waals surface area contributed by atoms with Crippen molar-refractivity contribution in [3.63, 3.8) is 0 Å². The molecule has 0 radical (unpaired) electrons. The van der Waals surface area contributed by atoms with Gasteiger partial charge >= 0.3 is 0 Å². The van der Waals surface area contributed by atoms with E-state index in [1.165, 1.54) is 12.1 Å². The van der Waals surface area contributed by atoms with Crippen LogP contribution < -0.4 is 16.2 Å². The van der Waals surface area contributed by atoms with Crippen LogP contribution >= 0.6 is 0 Å². The number of amides is 1. The Balaban J connectivity index is 3.08. The molecule has 0 aliphatic rings. The number of carbonyl (C=O) groups excluding carboxylic acids is 1. The summed E-state index contributed by atoms with van der Waals surface area (Å²) in [5.41, 5.74) is 11.3. The maximum Gasteiger partial charge on any atom is 0.241 e. The summed E-state index contributed by atoms with van der Waals surface area (Å²) in [5.74, 6) is -0.745. The van der Waals surface area contributed by atoms with Crippen molar-refractivity contribution in [2.45, 2.75) is 11.8 Å². The number of primary amides is 1. The summed E-state index contributed by atoms with van der Waals surface area (Å²) in [4.78, 5) is 10.5. The zero-order valence-corrected chi connectivity index (χ0v) is 9.54. The van der Waals surface area contributed by atoms with Crippen molar-refractivity contribution >= 4 is 21.6 Å². The number of hydrogen-bond acceptors (Lipinski definition) is 4. The first kappa shape index (κ1) is 12.5. The minimum absolute atomic E-state index is 0.0498. The zero-order chi connectivity index (χ0) is 12.3. The highest BCUT2D eigenvalue weighted by atomic mass is 32.2. The van der Waals surface area contributed by atoms with Gasteiger partial charge in [0.15, 0.2) is 0 Å². The second-order valence-electron chi connectivity index (χ2n) is 3.26. The van der Waals surface area contributed by atoms with E-state index in [9.17, 15) is 13.2 Å². The Morgan fingerprint density at radius 1 is 1.44 bits per heavy atom. The molecule has 0 fully saturated rings. The molecule has 6 nitrogen and oxygen atoms in total. The number of sulfonamides is 1. The van der Waals surface area contributed by atoms with Crippen LogP contribution in [0.15, 0.2) is 23.1 Å². The Kier molecular flexibility index (Phi) is 3.51. The lowest BCUT2D eigenvalue weighted by Crippen LogP contribution is -2.33. The molecule has 0 aliphatic carbocycles. The average Bonchev–Trinajstić information content (AvgIpc) is 2.19. The standard InChI is InChI=1S/C9H13N3O3S/c1-6-7(10)3-2-4-8(6)16(14,15)12-5-9(11)13/h2-4,12H,5,10H2,1H3,(H2,11,13). The molecule has 0 saturated heterocycles. The fourth-order valence-electron chi connectivity index (χ4n) is 1.17. The number of benzene rings is 1. The third-order valence-electron chi connectivity index (χ3n) is 2.05. The van der Waals surface area contributed by atoms with Crippen LogP contribution in [0.4, 0.5) is 5.69 Å². The second kappa shape index (κ2) is 4.50. The molecule has 0 aromatic heterocycles. The maximum absolute atomic E-state index is 11.7. The van der Waals surface area contributed by atoms with E-state index in [1.807, 2.05) is 0 Å². The molecule has 1 aromatic carbocycles. The Labute approximate surface area is 93.7 Å². The van der Waals surface area contributed by atoms with E-state index in [4.69, 9.17) is 11.5 Å². The lowest BCUT2D eigenvalue weighted by Gasteiger charge is -2.09. The number of nitrogen functional groups attached to an aromatic ring is 1. The largest absolute Gasteiger partial charge is 0.398 e. The number of nitrogens with two attached hydrogens (primary N) is 2. The SMILES string of the molecule is Cc1c(N)cccc1S(=O)(=O)NCC(N)=O. The third kappa shape index (κ3) is 2.71. The van der Waals surface area contributed by atoms with Gasteiger partial charge < -0.3 is 11.5 Å². The van der Waals surface area contributed by atoms with Crippen molar-refractivity contribution in [3.8, 4) is 0 Å². The van der Waals surface area contributed by atoms with Crippen LogP contribution in [0.25, 0.3) is 0 Å². The van der Waals surface area contributed by atoms with E-state index in [-0.39, 0.29) is 4.90 Å². The molecular formula is C9H13N3O3S. The number of nitrogens with one attached hydrogen (secondary N) is 1. The molecule has 0 aliphatic heterocycles. The van der Waals surface area contributed by atoms with E-state index in [0.29, 0.717) is 11.3 Å². The van der Waals surface area contributed by atoms with Crippen molar-refractivity contribution in [3.05, 3.63) is 23.8 Å². The highest BCUT2D eigenvalue weighted by Crippen LogP contribution is 2.19. The van der Waals surface area contributed by atoms with E-state index < -0.39 is 22.5 Å². The molecule has 1 amide bonds. The lowest BCUT2D eigenvalue weighted by molar-refractivity contribution is -0.116. The van der Waals surface area contributed by atoms with Crippen LogP contribution in [0.3, 0.4) is 0 Å². The lowest BCUT2D eigenvalue weighted by atomic mass is 10.2. The van der Waals surface area contributed by atoms with Gasteiger partial charge in [0.25, 0.3) is 0 Å². The molecule has 88 valence electrons. The van der Waals surface area contributed by atoms with Gasteiger partial charge in [-0.05, 0) is 24.6 Å². The minimum atomic E-state index is -3.74.